The topological polar surface area (TPSA) is 93.8 Å². The number of aromatic nitrogens is 3. The van der Waals surface area contributed by atoms with Crippen molar-refractivity contribution in [1.82, 2.24) is 15.2 Å². The molecule has 0 aliphatic carbocycles. The van der Waals surface area contributed by atoms with Crippen LogP contribution in [0.4, 0.5) is 11.5 Å². The number of rotatable bonds is 4. The van der Waals surface area contributed by atoms with Gasteiger partial charge >= 0.3 is 0 Å². The third kappa shape index (κ3) is 2.94. The van der Waals surface area contributed by atoms with E-state index in [1.54, 1.807) is 18.3 Å². The van der Waals surface area contributed by atoms with Crippen LogP contribution < -0.4 is 5.32 Å². The Kier molecular flexibility index (Phi) is 3.20. The third-order valence-corrected chi connectivity index (χ3v) is 2.03. The molecule has 0 saturated heterocycles. The Labute approximate surface area is 96.7 Å². The average molecular weight is 231 g/mol. The maximum absolute atomic E-state index is 10.6. The molecule has 2 rings (SSSR count). The fraction of sp³-hybridized carbons (Fsp3) is 0.100. The maximum Gasteiger partial charge on any atom is 0.274 e. The van der Waals surface area contributed by atoms with Crippen LogP contribution in [0.3, 0.4) is 0 Å². The Hall–Kier alpha value is -2.57. The van der Waals surface area contributed by atoms with E-state index in [-0.39, 0.29) is 5.69 Å². The van der Waals surface area contributed by atoms with E-state index >= 15 is 0 Å². The van der Waals surface area contributed by atoms with Crippen molar-refractivity contribution < 1.29 is 4.92 Å². The summed E-state index contributed by atoms with van der Waals surface area (Å²) in [4.78, 5) is 14.1. The normalized spacial score (nSPS) is 9.88. The lowest BCUT2D eigenvalue weighted by atomic mass is 10.3. The number of nitro groups is 1. The summed E-state index contributed by atoms with van der Waals surface area (Å²) in [5, 5.41) is 21.1. The Morgan fingerprint density at radius 1 is 1.35 bits per heavy atom. The van der Waals surface area contributed by atoms with E-state index in [0.29, 0.717) is 12.4 Å². The predicted octanol–water partition coefficient (Wildman–Crippen LogP) is 1.39. The number of nitrogens with one attached hydrogen (secondary N) is 1. The van der Waals surface area contributed by atoms with Crippen LogP contribution in [0.15, 0.2) is 36.7 Å². The molecule has 0 aliphatic rings. The van der Waals surface area contributed by atoms with Crippen molar-refractivity contribution in [3.8, 4) is 0 Å². The van der Waals surface area contributed by atoms with Gasteiger partial charge in [-0.25, -0.2) is 4.98 Å². The van der Waals surface area contributed by atoms with Crippen LogP contribution in [0.1, 0.15) is 5.69 Å². The van der Waals surface area contributed by atoms with Gasteiger partial charge in [-0.3, -0.25) is 10.1 Å². The lowest BCUT2D eigenvalue weighted by molar-refractivity contribution is -0.384. The van der Waals surface area contributed by atoms with Gasteiger partial charge in [0, 0.05) is 18.5 Å². The summed E-state index contributed by atoms with van der Waals surface area (Å²) in [6.45, 7) is 0.419. The number of anilines is 1. The van der Waals surface area contributed by atoms with Crippen molar-refractivity contribution in [2.45, 2.75) is 6.54 Å². The van der Waals surface area contributed by atoms with Crippen LogP contribution in [-0.2, 0) is 6.54 Å². The Balaban J connectivity index is 2.04. The van der Waals surface area contributed by atoms with Gasteiger partial charge in [-0.2, -0.15) is 10.2 Å². The van der Waals surface area contributed by atoms with Gasteiger partial charge in [0.25, 0.3) is 5.69 Å². The van der Waals surface area contributed by atoms with E-state index < -0.39 is 4.92 Å². The highest BCUT2D eigenvalue weighted by Gasteiger charge is 2.06. The SMILES string of the molecule is O=[N+]([O-])c1ccnc(NCc2cccnn2)c1. The first-order chi connectivity index (χ1) is 8.25. The van der Waals surface area contributed by atoms with E-state index in [1.807, 2.05) is 0 Å². The molecule has 0 fully saturated rings. The first-order valence-electron chi connectivity index (χ1n) is 4.86. The molecule has 0 unspecified atom stereocenters. The summed E-state index contributed by atoms with van der Waals surface area (Å²) in [7, 11) is 0. The molecule has 0 aromatic carbocycles. The smallest absolute Gasteiger partial charge is 0.274 e. The maximum atomic E-state index is 10.6. The molecule has 0 atom stereocenters. The Bertz CT molecular complexity index is 517. The van der Waals surface area contributed by atoms with Gasteiger partial charge in [0.2, 0.25) is 0 Å². The van der Waals surface area contributed by atoms with Crippen LogP contribution in [0.5, 0.6) is 0 Å². The number of hydrogen-bond acceptors (Lipinski definition) is 6. The van der Waals surface area contributed by atoms with Crippen LogP contribution in [0.2, 0.25) is 0 Å². The van der Waals surface area contributed by atoms with Crippen molar-refractivity contribution in [2.75, 3.05) is 5.32 Å². The summed E-state index contributed by atoms with van der Waals surface area (Å²) >= 11 is 0. The first-order valence-corrected chi connectivity index (χ1v) is 4.86. The highest BCUT2D eigenvalue weighted by molar-refractivity contribution is 5.44. The summed E-state index contributed by atoms with van der Waals surface area (Å²) in [5.74, 6) is 0.435. The number of pyridine rings is 1. The molecule has 0 spiro atoms. The predicted molar refractivity (Wildman–Crippen MR) is 60.3 cm³/mol. The molecule has 7 nitrogen and oxygen atoms in total. The molecule has 2 aromatic heterocycles. The standard InChI is InChI=1S/C10H9N5O2/c16-15(17)9-3-5-11-10(6-9)12-7-8-2-1-4-13-14-8/h1-6H,7H2,(H,11,12). The monoisotopic (exact) mass is 231 g/mol. The van der Waals surface area contributed by atoms with Gasteiger partial charge in [0.1, 0.15) is 5.82 Å². The second kappa shape index (κ2) is 4.97. The molecule has 0 aliphatic heterocycles. The summed E-state index contributed by atoms with van der Waals surface area (Å²) in [6, 6.07) is 6.28. The third-order valence-electron chi connectivity index (χ3n) is 2.03. The van der Waals surface area contributed by atoms with Crippen LogP contribution >= 0.6 is 0 Å². The van der Waals surface area contributed by atoms with E-state index in [0.717, 1.165) is 5.69 Å². The fourth-order valence-corrected chi connectivity index (χ4v) is 1.24. The molecule has 0 bridgehead atoms. The van der Waals surface area contributed by atoms with E-state index in [2.05, 4.69) is 20.5 Å². The minimum Gasteiger partial charge on any atom is -0.364 e. The molecule has 2 heterocycles. The molecule has 0 radical (unpaired) electrons. The van der Waals surface area contributed by atoms with Gasteiger partial charge in [-0.1, -0.05) is 0 Å². The van der Waals surface area contributed by atoms with E-state index in [9.17, 15) is 10.1 Å². The second-order valence-electron chi connectivity index (χ2n) is 3.22. The summed E-state index contributed by atoms with van der Waals surface area (Å²) in [6.07, 6.45) is 2.96. The van der Waals surface area contributed by atoms with Gasteiger partial charge in [-0.15, -0.1) is 0 Å². The van der Waals surface area contributed by atoms with Crippen molar-refractivity contribution in [3.63, 3.8) is 0 Å². The number of hydrogen-bond donors (Lipinski definition) is 1. The Morgan fingerprint density at radius 3 is 2.94 bits per heavy atom. The quantitative estimate of drug-likeness (QED) is 0.631. The lowest BCUT2D eigenvalue weighted by Crippen LogP contribution is -2.04. The zero-order chi connectivity index (χ0) is 12.1. The molecular weight excluding hydrogens is 222 g/mol. The molecular formula is C10H9N5O2. The molecule has 86 valence electrons. The molecule has 17 heavy (non-hydrogen) atoms. The Morgan fingerprint density at radius 2 is 2.24 bits per heavy atom. The van der Waals surface area contributed by atoms with Crippen molar-refractivity contribution >= 4 is 11.5 Å². The molecule has 7 heteroatoms. The number of nitrogens with zero attached hydrogens (tertiary/aromatic N) is 4. The van der Waals surface area contributed by atoms with Crippen molar-refractivity contribution in [1.29, 1.82) is 0 Å². The van der Waals surface area contributed by atoms with Gasteiger partial charge < -0.3 is 5.32 Å². The minimum atomic E-state index is -0.463. The highest BCUT2D eigenvalue weighted by atomic mass is 16.6. The van der Waals surface area contributed by atoms with Gasteiger partial charge in [0.05, 0.1) is 23.2 Å². The first kappa shape index (κ1) is 10.9. The summed E-state index contributed by atoms with van der Waals surface area (Å²) in [5.41, 5.74) is 0.738. The lowest BCUT2D eigenvalue weighted by Gasteiger charge is -2.03. The van der Waals surface area contributed by atoms with Crippen molar-refractivity contribution in [3.05, 3.63) is 52.5 Å². The van der Waals surface area contributed by atoms with Gasteiger partial charge in [0.15, 0.2) is 0 Å². The minimum absolute atomic E-state index is 0.00152. The zero-order valence-corrected chi connectivity index (χ0v) is 8.78. The van der Waals surface area contributed by atoms with Crippen LogP contribution in [0, 0.1) is 10.1 Å². The van der Waals surface area contributed by atoms with E-state index in [1.165, 1.54) is 18.3 Å². The van der Waals surface area contributed by atoms with Crippen LogP contribution in [0.25, 0.3) is 0 Å². The molecule has 0 saturated carbocycles. The molecule has 1 N–H and O–H groups in total. The van der Waals surface area contributed by atoms with Crippen molar-refractivity contribution in [2.24, 2.45) is 0 Å². The second-order valence-corrected chi connectivity index (χ2v) is 3.22. The zero-order valence-electron chi connectivity index (χ0n) is 8.78. The van der Waals surface area contributed by atoms with E-state index in [4.69, 9.17) is 0 Å². The van der Waals surface area contributed by atoms with Crippen LogP contribution in [-0.4, -0.2) is 20.1 Å². The molecule has 0 amide bonds. The van der Waals surface area contributed by atoms with Gasteiger partial charge in [-0.05, 0) is 12.1 Å². The molecule has 2 aromatic rings. The summed E-state index contributed by atoms with van der Waals surface area (Å²) < 4.78 is 0. The average Bonchev–Trinajstić information content (AvgIpc) is 2.38. The fourth-order valence-electron chi connectivity index (χ4n) is 1.24. The largest absolute Gasteiger partial charge is 0.364 e. The highest BCUT2D eigenvalue weighted by Crippen LogP contribution is 2.14.